The van der Waals surface area contributed by atoms with Gasteiger partial charge in [-0.2, -0.15) is 10.5 Å². The lowest BCUT2D eigenvalue weighted by atomic mass is 9.97. The second-order valence-electron chi connectivity index (χ2n) is 22.8. The van der Waals surface area contributed by atoms with Gasteiger partial charge in [-0.1, -0.05) is 200 Å². The van der Waals surface area contributed by atoms with E-state index in [2.05, 4.69) is 296 Å². The molecule has 406 valence electrons. The summed E-state index contributed by atoms with van der Waals surface area (Å²) < 4.78 is 18.7. The van der Waals surface area contributed by atoms with Crippen LogP contribution in [-0.4, -0.2) is 22.8 Å². The third kappa shape index (κ3) is 6.29. The number of furan rings is 1. The smallest absolute Gasteiger partial charge is 0.160 e. The molecule has 88 heavy (non-hydrogen) atoms. The Morgan fingerprint density at radius 1 is 0.250 bits per heavy atom. The summed E-state index contributed by atoms with van der Waals surface area (Å²) in [6.45, 7) is 0. The van der Waals surface area contributed by atoms with Crippen molar-refractivity contribution in [1.82, 2.24) is 22.8 Å². The lowest BCUT2D eigenvalue weighted by molar-refractivity contribution is 0.671. The molecule has 0 bridgehead atoms. The van der Waals surface area contributed by atoms with Crippen LogP contribution in [0, 0.1) is 22.7 Å². The fourth-order valence-electron chi connectivity index (χ4n) is 15.1. The molecule has 8 nitrogen and oxygen atoms in total. The largest absolute Gasteiger partial charge is 0.454 e. The molecule has 0 amide bonds. The number of hydrogen-bond donors (Lipinski definition) is 0. The van der Waals surface area contributed by atoms with Crippen molar-refractivity contribution in [3.63, 3.8) is 0 Å². The summed E-state index contributed by atoms with van der Waals surface area (Å²) in [5.74, 6) is 0. The monoisotopic (exact) mass is 1120 g/mol. The van der Waals surface area contributed by atoms with Crippen LogP contribution in [0.1, 0.15) is 11.1 Å². The molecule has 0 fully saturated rings. The van der Waals surface area contributed by atoms with E-state index in [0.717, 1.165) is 131 Å². The first-order valence-corrected chi connectivity index (χ1v) is 29.6. The summed E-state index contributed by atoms with van der Waals surface area (Å²) in [5.41, 5.74) is 16.6. The standard InChI is InChI=1S/C80H45N7O/c81-46-61-75(84-66-36-14-3-24-50(66)51-25-4-15-37-67(51)84)76(85-68-38-16-5-26-52(68)53-27-6-17-39-69(53)85)62(47-82)78(77(61)86-70-40-18-7-28-54(70)55-29-8-19-41-71(55)86)87-72-42-21-32-58(74(72)60-45-44-59-57-31-10-20-43-73(57)88-80(59)79(60)87)56-30-9-13-35-65(56)83-63-33-11-1-22-48(63)49-23-2-12-34-64(49)83/h1-45H. The van der Waals surface area contributed by atoms with Crippen molar-refractivity contribution in [1.29, 1.82) is 10.5 Å². The maximum absolute atomic E-state index is 13.1. The fraction of sp³-hybridized carbons (Fsp3) is 0. The van der Waals surface area contributed by atoms with E-state index in [0.29, 0.717) is 39.5 Å². The van der Waals surface area contributed by atoms with Crippen molar-refractivity contribution in [2.75, 3.05) is 0 Å². The van der Waals surface area contributed by atoms with Gasteiger partial charge in [-0.3, -0.25) is 0 Å². The number of fused-ring (bicyclic) bond motifs is 19. The predicted octanol–water partition coefficient (Wildman–Crippen LogP) is 20.5. The molecule has 0 aliphatic carbocycles. The number of rotatable bonds is 6. The maximum Gasteiger partial charge on any atom is 0.160 e. The van der Waals surface area contributed by atoms with Gasteiger partial charge in [0.15, 0.2) is 5.58 Å². The maximum atomic E-state index is 13.1. The highest BCUT2D eigenvalue weighted by Crippen LogP contribution is 2.52. The molecular weight excluding hydrogens is 1070 g/mol. The Labute approximate surface area is 501 Å². The first kappa shape index (κ1) is 48.1. The molecule has 0 spiro atoms. The first-order chi connectivity index (χ1) is 43.7. The number of benzene rings is 13. The van der Waals surface area contributed by atoms with Gasteiger partial charge in [0.1, 0.15) is 28.8 Å². The molecule has 0 saturated heterocycles. The molecule has 19 rings (SSSR count). The molecule has 6 heterocycles. The van der Waals surface area contributed by atoms with E-state index in [-0.39, 0.29) is 0 Å². The van der Waals surface area contributed by atoms with Gasteiger partial charge in [0, 0.05) is 70.2 Å². The van der Waals surface area contributed by atoms with Crippen LogP contribution in [0.3, 0.4) is 0 Å². The zero-order chi connectivity index (χ0) is 57.9. The number of aromatic nitrogens is 5. The highest BCUT2D eigenvalue weighted by Gasteiger charge is 2.36. The van der Waals surface area contributed by atoms with Crippen molar-refractivity contribution >= 4 is 131 Å². The molecule has 0 N–H and O–H groups in total. The van der Waals surface area contributed by atoms with Gasteiger partial charge in [-0.25, -0.2) is 0 Å². The molecule has 19 aromatic rings. The topological polar surface area (TPSA) is 85.4 Å². The highest BCUT2D eigenvalue weighted by atomic mass is 16.3. The van der Waals surface area contributed by atoms with E-state index in [1.807, 2.05) is 12.1 Å². The Hall–Kier alpha value is -12.4. The summed E-state index contributed by atoms with van der Waals surface area (Å²) in [7, 11) is 0. The van der Waals surface area contributed by atoms with Crippen molar-refractivity contribution in [3.8, 4) is 51.7 Å². The highest BCUT2D eigenvalue weighted by molar-refractivity contribution is 6.26. The van der Waals surface area contributed by atoms with E-state index in [1.54, 1.807) is 0 Å². The second kappa shape index (κ2) is 18.1. The van der Waals surface area contributed by atoms with Crippen molar-refractivity contribution < 1.29 is 4.42 Å². The molecule has 8 heteroatoms. The number of nitrogens with zero attached hydrogens (tertiary/aromatic N) is 7. The summed E-state index contributed by atoms with van der Waals surface area (Å²) in [6, 6.07) is 102. The van der Waals surface area contributed by atoms with Crippen molar-refractivity contribution in [2.45, 2.75) is 0 Å². The Kier molecular flexibility index (Phi) is 9.87. The summed E-state index contributed by atoms with van der Waals surface area (Å²) in [5, 5.41) is 38.4. The first-order valence-electron chi connectivity index (χ1n) is 29.6. The van der Waals surface area contributed by atoms with Gasteiger partial charge < -0.3 is 27.3 Å². The number of nitriles is 2. The van der Waals surface area contributed by atoms with E-state index in [1.165, 1.54) is 10.8 Å². The molecule has 0 unspecified atom stereocenters. The molecule has 0 aliphatic heterocycles. The van der Waals surface area contributed by atoms with Gasteiger partial charge in [0.25, 0.3) is 0 Å². The molecule has 0 atom stereocenters. The number of hydrogen-bond acceptors (Lipinski definition) is 3. The lowest BCUT2D eigenvalue weighted by Crippen LogP contribution is -2.16. The molecule has 13 aromatic carbocycles. The molecular formula is C80H45N7O. The van der Waals surface area contributed by atoms with E-state index < -0.39 is 0 Å². The summed E-state index contributed by atoms with van der Waals surface area (Å²) in [4.78, 5) is 0. The minimum absolute atomic E-state index is 0.363. The Bertz CT molecular complexity index is 6140. The number of para-hydroxylation sites is 10. The molecule has 0 saturated carbocycles. The Morgan fingerprint density at radius 2 is 0.568 bits per heavy atom. The van der Waals surface area contributed by atoms with Crippen LogP contribution < -0.4 is 0 Å². The van der Waals surface area contributed by atoms with Gasteiger partial charge in [-0.15, -0.1) is 0 Å². The quantitative estimate of drug-likeness (QED) is 0.166. The molecule has 6 aromatic heterocycles. The van der Waals surface area contributed by atoms with Crippen LogP contribution >= 0.6 is 0 Å². The summed E-state index contributed by atoms with van der Waals surface area (Å²) >= 11 is 0. The van der Waals surface area contributed by atoms with E-state index >= 15 is 0 Å². The van der Waals surface area contributed by atoms with Crippen molar-refractivity contribution in [2.24, 2.45) is 0 Å². The van der Waals surface area contributed by atoms with E-state index in [4.69, 9.17) is 4.42 Å². The average Bonchev–Trinajstić information content (AvgIpc) is 1.50. The summed E-state index contributed by atoms with van der Waals surface area (Å²) in [6.07, 6.45) is 0. The molecule has 0 radical (unpaired) electrons. The van der Waals surface area contributed by atoms with Crippen LogP contribution in [0.5, 0.6) is 0 Å². The lowest BCUT2D eigenvalue weighted by Gasteiger charge is -2.27. The normalized spacial score (nSPS) is 12.1. The van der Waals surface area contributed by atoms with Crippen LogP contribution in [0.4, 0.5) is 0 Å². The predicted molar refractivity (Wildman–Crippen MR) is 360 cm³/mol. The van der Waals surface area contributed by atoms with Gasteiger partial charge in [0.05, 0.1) is 83.6 Å². The fourth-order valence-corrected chi connectivity index (χ4v) is 15.1. The van der Waals surface area contributed by atoms with Gasteiger partial charge in [0.2, 0.25) is 0 Å². The minimum atomic E-state index is 0.363. The van der Waals surface area contributed by atoms with Crippen LogP contribution in [0.25, 0.3) is 171 Å². The minimum Gasteiger partial charge on any atom is -0.454 e. The van der Waals surface area contributed by atoms with Crippen LogP contribution in [0.15, 0.2) is 277 Å². The van der Waals surface area contributed by atoms with Gasteiger partial charge >= 0.3 is 0 Å². The van der Waals surface area contributed by atoms with Crippen LogP contribution in [-0.2, 0) is 0 Å². The third-order valence-corrected chi connectivity index (χ3v) is 18.6. The Morgan fingerprint density at radius 3 is 0.989 bits per heavy atom. The second-order valence-corrected chi connectivity index (χ2v) is 22.8. The van der Waals surface area contributed by atoms with Gasteiger partial charge in [-0.05, 0) is 78.4 Å². The van der Waals surface area contributed by atoms with E-state index in [9.17, 15) is 10.5 Å². The van der Waals surface area contributed by atoms with Crippen LogP contribution in [0.2, 0.25) is 0 Å². The average molecular weight is 1120 g/mol. The zero-order valence-corrected chi connectivity index (χ0v) is 47.0. The zero-order valence-electron chi connectivity index (χ0n) is 47.0. The van der Waals surface area contributed by atoms with Crippen molar-refractivity contribution in [3.05, 3.63) is 284 Å². The SMILES string of the molecule is N#Cc1c(-n2c3ccccc3c3ccccc32)c(-n2c3ccccc3c3ccccc32)c(C#N)c(-n2c3cccc(-c4ccccc4-n4c5ccccc5c5ccccc54)c3c3ccc4c5ccccc5oc4c32)c1-n1c2ccccc2c2ccccc21. The third-order valence-electron chi connectivity index (χ3n) is 18.6. The Balaban J connectivity index is 1.08. The molecule has 0 aliphatic rings.